The van der Waals surface area contributed by atoms with Crippen LogP contribution < -0.4 is 5.32 Å². The van der Waals surface area contributed by atoms with Gasteiger partial charge in [0.15, 0.2) is 0 Å². The van der Waals surface area contributed by atoms with Crippen LogP contribution in [0.1, 0.15) is 16.7 Å². The highest BCUT2D eigenvalue weighted by atomic mass is 16.4. The summed E-state index contributed by atoms with van der Waals surface area (Å²) in [5.41, 5.74) is 4.43. The van der Waals surface area contributed by atoms with E-state index in [4.69, 9.17) is 10.2 Å². The van der Waals surface area contributed by atoms with Crippen LogP contribution in [0.3, 0.4) is 0 Å². The predicted octanol–water partition coefficient (Wildman–Crippen LogP) is 2.61. The Morgan fingerprint density at radius 2 is 1.32 bits per heavy atom. The Kier molecular flexibility index (Phi) is 6.08. The fourth-order valence-corrected chi connectivity index (χ4v) is 3.04. The van der Waals surface area contributed by atoms with Crippen molar-refractivity contribution in [3.8, 4) is 0 Å². The van der Waals surface area contributed by atoms with Gasteiger partial charge in [-0.2, -0.15) is 0 Å². The van der Waals surface area contributed by atoms with Gasteiger partial charge in [-0.1, -0.05) is 54.6 Å². The van der Waals surface area contributed by atoms with Gasteiger partial charge in [-0.05, 0) is 36.6 Å². The Morgan fingerprint density at radius 3 is 1.72 bits per heavy atom. The lowest BCUT2D eigenvalue weighted by Crippen LogP contribution is -2.40. The molecule has 0 aliphatic heterocycles. The normalized spacial score (nSPS) is 14.4. The third-order valence-corrected chi connectivity index (χ3v) is 4.28. The van der Waals surface area contributed by atoms with Crippen molar-refractivity contribution >= 4 is 11.9 Å². The summed E-state index contributed by atoms with van der Waals surface area (Å²) in [5.74, 6) is -2.51. The Bertz CT molecular complexity index is 727. The van der Waals surface area contributed by atoms with Crippen molar-refractivity contribution < 1.29 is 19.8 Å². The molecule has 0 aromatic heterocycles. The molecule has 1 aliphatic carbocycles. The number of carboxylic acids is 2. The number of likely N-dealkylation sites (N-methyl/N-ethyl adjacent to an activating group) is 1. The van der Waals surface area contributed by atoms with Gasteiger partial charge < -0.3 is 15.5 Å². The molecule has 0 heterocycles. The monoisotopic (exact) mass is 339 g/mol. The van der Waals surface area contributed by atoms with Gasteiger partial charge in [0.1, 0.15) is 0 Å². The molecule has 5 heteroatoms. The molecule has 0 unspecified atom stereocenters. The van der Waals surface area contributed by atoms with E-state index in [1.807, 2.05) is 0 Å². The number of aliphatic carboxylic acids is 2. The first-order valence-corrected chi connectivity index (χ1v) is 7.92. The number of nitrogens with one attached hydrogen (secondary N) is 1. The minimum atomic E-state index is -1.26. The van der Waals surface area contributed by atoms with Gasteiger partial charge in [-0.15, -0.1) is 0 Å². The summed E-state index contributed by atoms with van der Waals surface area (Å²) in [6.45, 7) is 0. The molecule has 25 heavy (non-hydrogen) atoms. The van der Waals surface area contributed by atoms with Crippen LogP contribution in [0.25, 0.3) is 0 Å². The quantitative estimate of drug-likeness (QED) is 0.746. The zero-order valence-corrected chi connectivity index (χ0v) is 14.0. The van der Waals surface area contributed by atoms with E-state index in [9.17, 15) is 9.59 Å². The number of hydrogen-bond donors (Lipinski definition) is 3. The molecule has 0 bridgehead atoms. The second-order valence-electron chi connectivity index (χ2n) is 5.83. The fraction of sp³-hybridized carbons (Fsp3) is 0.200. The summed E-state index contributed by atoms with van der Waals surface area (Å²) in [5, 5.41) is 19.2. The topological polar surface area (TPSA) is 86.6 Å². The first-order chi connectivity index (χ1) is 12.0. The summed E-state index contributed by atoms with van der Waals surface area (Å²) in [6, 6.07) is 19.5. The van der Waals surface area contributed by atoms with Gasteiger partial charge in [-0.3, -0.25) is 0 Å². The fourth-order valence-electron chi connectivity index (χ4n) is 3.04. The highest BCUT2D eigenvalue weighted by Gasteiger charge is 2.36. The molecule has 2 aromatic carbocycles. The predicted molar refractivity (Wildman–Crippen MR) is 95.4 cm³/mol. The zero-order valence-electron chi connectivity index (χ0n) is 14.0. The Balaban J connectivity index is 0.000000242. The van der Waals surface area contributed by atoms with Gasteiger partial charge in [0.05, 0.1) is 5.54 Å². The van der Waals surface area contributed by atoms with Crippen molar-refractivity contribution in [1.29, 1.82) is 0 Å². The molecule has 0 radical (unpaired) electrons. The Hall–Kier alpha value is -2.92. The molecule has 0 fully saturated rings. The maximum Gasteiger partial charge on any atom is 0.328 e. The lowest BCUT2D eigenvalue weighted by molar-refractivity contribution is -0.134. The summed E-state index contributed by atoms with van der Waals surface area (Å²) in [4.78, 5) is 19.1. The molecule has 5 nitrogen and oxygen atoms in total. The van der Waals surface area contributed by atoms with E-state index in [1.165, 1.54) is 16.7 Å². The maximum atomic E-state index is 9.55. The van der Waals surface area contributed by atoms with Crippen LogP contribution >= 0.6 is 0 Å². The standard InChI is InChI=1S/C16H17N.C4H4O4/c1-17-16(15-9-3-2-4-10-15)11-13-7-5-6-8-14(13)12-16;5-3(6)1-2-4(7)8/h2-10,17H,11-12H2,1H3;1-2H,(H,5,6)(H,7,8). The first-order valence-electron chi connectivity index (χ1n) is 7.92. The zero-order chi connectivity index (χ0) is 18.3. The number of rotatable bonds is 4. The van der Waals surface area contributed by atoms with Gasteiger partial charge in [0.25, 0.3) is 0 Å². The Morgan fingerprint density at radius 1 is 0.880 bits per heavy atom. The number of hydrogen-bond acceptors (Lipinski definition) is 3. The van der Waals surface area contributed by atoms with Crippen LogP contribution in [0.4, 0.5) is 0 Å². The average Bonchev–Trinajstić information content (AvgIpc) is 3.01. The van der Waals surface area contributed by atoms with Crippen LogP contribution in [0.5, 0.6) is 0 Å². The number of carbonyl (C=O) groups is 2. The van der Waals surface area contributed by atoms with E-state index >= 15 is 0 Å². The van der Waals surface area contributed by atoms with Gasteiger partial charge in [0.2, 0.25) is 0 Å². The maximum absolute atomic E-state index is 9.55. The number of benzene rings is 2. The second-order valence-corrected chi connectivity index (χ2v) is 5.83. The molecule has 0 atom stereocenters. The molecule has 0 saturated heterocycles. The van der Waals surface area contributed by atoms with E-state index < -0.39 is 11.9 Å². The molecule has 1 aliphatic rings. The second kappa shape index (κ2) is 8.26. The highest BCUT2D eigenvalue weighted by Crippen LogP contribution is 2.37. The van der Waals surface area contributed by atoms with Crippen LogP contribution in [-0.2, 0) is 28.0 Å². The lowest BCUT2D eigenvalue weighted by Gasteiger charge is -2.29. The largest absolute Gasteiger partial charge is 0.478 e. The molecule has 2 aromatic rings. The van der Waals surface area contributed by atoms with Crippen LogP contribution in [0.15, 0.2) is 66.7 Å². The molecular formula is C20H21NO4. The molecule has 0 spiro atoms. The van der Waals surface area contributed by atoms with Crippen molar-refractivity contribution in [2.24, 2.45) is 0 Å². The third-order valence-electron chi connectivity index (χ3n) is 4.28. The summed E-state index contributed by atoms with van der Waals surface area (Å²) < 4.78 is 0. The van der Waals surface area contributed by atoms with E-state index in [2.05, 4.69) is 67.0 Å². The number of fused-ring (bicyclic) bond motifs is 1. The van der Waals surface area contributed by atoms with E-state index in [-0.39, 0.29) is 5.54 Å². The van der Waals surface area contributed by atoms with Gasteiger partial charge in [-0.25, -0.2) is 9.59 Å². The summed E-state index contributed by atoms with van der Waals surface area (Å²) in [6.07, 6.45) is 3.29. The van der Waals surface area contributed by atoms with Crippen LogP contribution in [-0.4, -0.2) is 29.2 Å². The SMILES string of the molecule is CNC1(c2ccccc2)Cc2ccccc2C1.O=C(O)C=CC(=O)O. The molecule has 0 amide bonds. The van der Waals surface area contributed by atoms with Gasteiger partial charge >= 0.3 is 11.9 Å². The minimum Gasteiger partial charge on any atom is -0.478 e. The third kappa shape index (κ3) is 4.78. The van der Waals surface area contributed by atoms with E-state index in [0.717, 1.165) is 12.8 Å². The van der Waals surface area contributed by atoms with Crippen molar-refractivity contribution in [1.82, 2.24) is 5.32 Å². The Labute approximate surface area is 146 Å². The van der Waals surface area contributed by atoms with Gasteiger partial charge in [0, 0.05) is 12.2 Å². The highest BCUT2D eigenvalue weighted by molar-refractivity contribution is 5.89. The smallest absolute Gasteiger partial charge is 0.328 e. The van der Waals surface area contributed by atoms with Crippen molar-refractivity contribution in [2.75, 3.05) is 7.05 Å². The van der Waals surface area contributed by atoms with Crippen LogP contribution in [0.2, 0.25) is 0 Å². The number of carboxylic acid groups (broad SMARTS) is 2. The molecule has 130 valence electrons. The van der Waals surface area contributed by atoms with Crippen molar-refractivity contribution in [3.05, 3.63) is 83.4 Å². The van der Waals surface area contributed by atoms with Crippen molar-refractivity contribution in [3.63, 3.8) is 0 Å². The molecular weight excluding hydrogens is 318 g/mol. The van der Waals surface area contributed by atoms with Crippen LogP contribution in [0, 0.1) is 0 Å². The molecule has 0 saturated carbocycles. The molecule has 3 rings (SSSR count). The van der Waals surface area contributed by atoms with Crippen molar-refractivity contribution in [2.45, 2.75) is 18.4 Å². The van der Waals surface area contributed by atoms with E-state index in [0.29, 0.717) is 12.2 Å². The molecule has 3 N–H and O–H groups in total. The average molecular weight is 339 g/mol. The first kappa shape index (κ1) is 18.4. The summed E-state index contributed by atoms with van der Waals surface area (Å²) >= 11 is 0. The van der Waals surface area contributed by atoms with E-state index in [1.54, 1.807) is 0 Å². The lowest BCUT2D eigenvalue weighted by atomic mass is 9.87. The minimum absolute atomic E-state index is 0.0882. The summed E-state index contributed by atoms with van der Waals surface area (Å²) in [7, 11) is 2.07.